The first-order valence-electron chi connectivity index (χ1n) is 6.25. The Balaban J connectivity index is 2.13. The highest BCUT2D eigenvalue weighted by Gasteiger charge is 2.53. The summed E-state index contributed by atoms with van der Waals surface area (Å²) in [5.74, 6) is -0.391. The molecule has 1 heterocycles. The Labute approximate surface area is 113 Å². The number of carbonyl (C=O) groups excluding carboxylic acids is 1. The van der Waals surface area contributed by atoms with Crippen LogP contribution in [0.4, 0.5) is 0 Å². The van der Waals surface area contributed by atoms with E-state index in [1.807, 2.05) is 6.92 Å². The number of hydrogen-bond acceptors (Lipinski definition) is 4. The lowest BCUT2D eigenvalue weighted by Gasteiger charge is -2.38. The molecule has 1 unspecified atom stereocenters. The molecule has 0 spiro atoms. The van der Waals surface area contributed by atoms with Gasteiger partial charge in [-0.25, -0.2) is 8.42 Å². The summed E-state index contributed by atoms with van der Waals surface area (Å²) in [7, 11) is -1.59. The van der Waals surface area contributed by atoms with Crippen molar-refractivity contribution in [2.24, 2.45) is 7.05 Å². The van der Waals surface area contributed by atoms with Crippen LogP contribution in [0.5, 0.6) is 0 Å². The number of amides is 1. The zero-order valence-corrected chi connectivity index (χ0v) is 12.2. The molecule has 7 heteroatoms. The van der Waals surface area contributed by atoms with Crippen LogP contribution in [0.2, 0.25) is 0 Å². The molecule has 6 nitrogen and oxygen atoms in total. The second-order valence-electron chi connectivity index (χ2n) is 5.26. The fourth-order valence-electron chi connectivity index (χ4n) is 2.34. The molecule has 0 radical (unpaired) electrons. The standard InChI is InChI=1S/C12H19N3O3S/c1-9(10-7-13-15(2)8-10)14-11(16)12(5-4-6-12)19(3,17)18/h7-9H,4-6H2,1-3H3,(H,14,16). The number of aryl methyl sites for hydroxylation is 1. The first-order valence-corrected chi connectivity index (χ1v) is 8.14. The number of nitrogens with one attached hydrogen (secondary N) is 1. The lowest BCUT2D eigenvalue weighted by atomic mass is 9.83. The summed E-state index contributed by atoms with van der Waals surface area (Å²) < 4.78 is 24.1. The van der Waals surface area contributed by atoms with Crippen LogP contribution in [0.15, 0.2) is 12.4 Å². The third kappa shape index (κ3) is 2.39. The summed E-state index contributed by atoms with van der Waals surface area (Å²) in [4.78, 5) is 12.3. The molecule has 1 fully saturated rings. The van der Waals surface area contributed by atoms with Gasteiger partial charge >= 0.3 is 0 Å². The average molecular weight is 285 g/mol. The molecule has 106 valence electrons. The van der Waals surface area contributed by atoms with Crippen molar-refractivity contribution in [1.82, 2.24) is 15.1 Å². The van der Waals surface area contributed by atoms with Crippen LogP contribution in [0.1, 0.15) is 37.8 Å². The van der Waals surface area contributed by atoms with E-state index in [1.54, 1.807) is 24.1 Å². The molecule has 1 aromatic rings. The predicted molar refractivity (Wildman–Crippen MR) is 71.2 cm³/mol. The molecule has 0 bridgehead atoms. The van der Waals surface area contributed by atoms with E-state index in [4.69, 9.17) is 0 Å². The minimum Gasteiger partial charge on any atom is -0.348 e. The maximum absolute atomic E-state index is 12.3. The van der Waals surface area contributed by atoms with Crippen molar-refractivity contribution in [3.05, 3.63) is 18.0 Å². The van der Waals surface area contributed by atoms with Gasteiger partial charge in [-0.1, -0.05) is 0 Å². The quantitative estimate of drug-likeness (QED) is 0.876. The van der Waals surface area contributed by atoms with E-state index < -0.39 is 20.5 Å². The van der Waals surface area contributed by atoms with E-state index in [1.165, 1.54) is 0 Å². The van der Waals surface area contributed by atoms with E-state index in [-0.39, 0.29) is 6.04 Å². The minimum absolute atomic E-state index is 0.250. The van der Waals surface area contributed by atoms with E-state index in [9.17, 15) is 13.2 Å². The van der Waals surface area contributed by atoms with Gasteiger partial charge in [-0.3, -0.25) is 9.48 Å². The number of hydrogen-bond donors (Lipinski definition) is 1. The Bertz CT molecular complexity index is 587. The average Bonchev–Trinajstić information content (AvgIpc) is 2.60. The van der Waals surface area contributed by atoms with Crippen molar-refractivity contribution in [1.29, 1.82) is 0 Å². The summed E-state index contributed by atoms with van der Waals surface area (Å²) >= 11 is 0. The van der Waals surface area contributed by atoms with E-state index in [0.717, 1.165) is 18.2 Å². The summed E-state index contributed by atoms with van der Waals surface area (Å²) in [5, 5.41) is 6.82. The van der Waals surface area contributed by atoms with Gasteiger partial charge in [0.1, 0.15) is 4.75 Å². The second kappa shape index (κ2) is 4.63. The van der Waals surface area contributed by atoms with Crippen LogP contribution in [-0.2, 0) is 21.7 Å². The molecule has 1 aromatic heterocycles. The summed E-state index contributed by atoms with van der Waals surface area (Å²) in [6.45, 7) is 1.82. The van der Waals surface area contributed by atoms with Gasteiger partial charge in [-0.05, 0) is 26.2 Å². The molecular weight excluding hydrogens is 266 g/mol. The molecular formula is C12H19N3O3S. The van der Waals surface area contributed by atoms with Gasteiger partial charge in [0, 0.05) is 25.1 Å². The van der Waals surface area contributed by atoms with E-state index in [2.05, 4.69) is 10.4 Å². The Morgan fingerprint density at radius 3 is 2.53 bits per heavy atom. The molecule has 1 aliphatic carbocycles. The maximum atomic E-state index is 12.3. The fraction of sp³-hybridized carbons (Fsp3) is 0.667. The van der Waals surface area contributed by atoms with Crippen LogP contribution >= 0.6 is 0 Å². The zero-order valence-electron chi connectivity index (χ0n) is 11.4. The van der Waals surface area contributed by atoms with Crippen LogP contribution in [0.25, 0.3) is 0 Å². The van der Waals surface area contributed by atoms with Crippen LogP contribution in [0.3, 0.4) is 0 Å². The van der Waals surface area contributed by atoms with Gasteiger partial charge in [0.2, 0.25) is 5.91 Å². The third-order valence-corrected chi connectivity index (χ3v) is 5.87. The van der Waals surface area contributed by atoms with E-state index >= 15 is 0 Å². The largest absolute Gasteiger partial charge is 0.348 e. The molecule has 1 saturated carbocycles. The molecule has 1 amide bonds. The van der Waals surface area contributed by atoms with Crippen molar-refractivity contribution in [3.63, 3.8) is 0 Å². The number of carbonyl (C=O) groups is 1. The zero-order chi connectivity index (χ0) is 14.3. The number of rotatable bonds is 4. The number of sulfone groups is 1. The van der Waals surface area contributed by atoms with Gasteiger partial charge in [-0.15, -0.1) is 0 Å². The Hall–Kier alpha value is -1.37. The molecule has 0 saturated heterocycles. The number of nitrogens with zero attached hydrogens (tertiary/aromatic N) is 2. The maximum Gasteiger partial charge on any atom is 0.241 e. The van der Waals surface area contributed by atoms with Gasteiger partial charge in [-0.2, -0.15) is 5.10 Å². The molecule has 1 N–H and O–H groups in total. The highest BCUT2D eigenvalue weighted by molar-refractivity contribution is 7.93. The van der Waals surface area contributed by atoms with Crippen LogP contribution < -0.4 is 5.32 Å². The normalized spacial score (nSPS) is 19.5. The van der Waals surface area contributed by atoms with Crippen molar-refractivity contribution in [3.8, 4) is 0 Å². The Morgan fingerprint density at radius 2 is 2.16 bits per heavy atom. The summed E-state index contributed by atoms with van der Waals surface area (Å²) in [6, 6.07) is -0.250. The molecule has 0 aromatic carbocycles. The highest BCUT2D eigenvalue weighted by atomic mass is 32.2. The topological polar surface area (TPSA) is 81.1 Å². The van der Waals surface area contributed by atoms with E-state index in [0.29, 0.717) is 12.8 Å². The second-order valence-corrected chi connectivity index (χ2v) is 7.59. The Morgan fingerprint density at radius 1 is 1.53 bits per heavy atom. The predicted octanol–water partition coefficient (Wildman–Crippen LogP) is 0.565. The highest BCUT2D eigenvalue weighted by Crippen LogP contribution is 2.39. The van der Waals surface area contributed by atoms with Gasteiger partial charge in [0.05, 0.1) is 12.2 Å². The van der Waals surface area contributed by atoms with Crippen molar-refractivity contribution in [2.45, 2.75) is 37.0 Å². The first kappa shape index (κ1) is 14.0. The van der Waals surface area contributed by atoms with Crippen molar-refractivity contribution < 1.29 is 13.2 Å². The lowest BCUT2D eigenvalue weighted by molar-refractivity contribution is -0.126. The smallest absolute Gasteiger partial charge is 0.241 e. The Kier molecular flexibility index (Phi) is 3.42. The molecule has 2 rings (SSSR count). The third-order valence-electron chi connectivity index (χ3n) is 3.86. The number of aromatic nitrogens is 2. The fourth-order valence-corrected chi connectivity index (χ4v) is 3.77. The van der Waals surface area contributed by atoms with Crippen molar-refractivity contribution >= 4 is 15.7 Å². The summed E-state index contributed by atoms with van der Waals surface area (Å²) in [5.41, 5.74) is 0.860. The van der Waals surface area contributed by atoms with Gasteiger partial charge in [0.25, 0.3) is 0 Å². The SMILES string of the molecule is CC(NC(=O)C1(S(C)(=O)=O)CCC1)c1cnn(C)c1. The molecule has 19 heavy (non-hydrogen) atoms. The first-order chi connectivity index (χ1) is 8.76. The molecule has 0 aliphatic heterocycles. The van der Waals surface area contributed by atoms with Crippen molar-refractivity contribution in [2.75, 3.05) is 6.26 Å². The molecule has 1 aliphatic rings. The molecule has 1 atom stereocenters. The van der Waals surface area contributed by atoms with Gasteiger partial charge in [0.15, 0.2) is 9.84 Å². The minimum atomic E-state index is -3.38. The monoisotopic (exact) mass is 285 g/mol. The van der Waals surface area contributed by atoms with Crippen LogP contribution in [-0.4, -0.2) is 35.1 Å². The van der Waals surface area contributed by atoms with Gasteiger partial charge < -0.3 is 5.32 Å². The van der Waals surface area contributed by atoms with Crippen LogP contribution in [0, 0.1) is 0 Å². The lowest BCUT2D eigenvalue weighted by Crippen LogP contribution is -2.56. The summed E-state index contributed by atoms with van der Waals surface area (Å²) in [6.07, 6.45) is 6.22.